The smallest absolute Gasteiger partial charge is 0.303 e. The molecule has 2 aromatic rings. The minimum absolute atomic E-state index is 0.168. The standard InChI is InChI=1S/C21H24O4/c22-20(23)14-12-18-8-4-16(5-9-18)2-1-3-17-6-10-19(11-7-17)13-15-21(24)25/h4-11H,1-3,12-15H2,(H,22,23)(H,24,25). The van der Waals surface area contributed by atoms with Crippen molar-refractivity contribution in [2.45, 2.75) is 44.9 Å². The summed E-state index contributed by atoms with van der Waals surface area (Å²) in [4.78, 5) is 21.2. The molecular formula is C21H24O4. The molecule has 0 unspecified atom stereocenters. The summed E-state index contributed by atoms with van der Waals surface area (Å²) in [7, 11) is 0. The Hall–Kier alpha value is -2.62. The zero-order chi connectivity index (χ0) is 18.1. The summed E-state index contributed by atoms with van der Waals surface area (Å²) in [6.07, 6.45) is 4.50. The SMILES string of the molecule is O=C(O)CCc1ccc(CCCc2ccc(CCC(=O)O)cc2)cc1. The van der Waals surface area contributed by atoms with Gasteiger partial charge in [-0.25, -0.2) is 0 Å². The number of hydrogen-bond acceptors (Lipinski definition) is 2. The third-order valence-corrected chi connectivity index (χ3v) is 4.23. The number of rotatable bonds is 10. The highest BCUT2D eigenvalue weighted by atomic mass is 16.4. The van der Waals surface area contributed by atoms with Gasteiger partial charge in [0.2, 0.25) is 0 Å². The second-order valence-electron chi connectivity index (χ2n) is 6.27. The fourth-order valence-electron chi connectivity index (χ4n) is 2.74. The van der Waals surface area contributed by atoms with Crippen molar-refractivity contribution in [3.05, 3.63) is 70.8 Å². The van der Waals surface area contributed by atoms with Gasteiger partial charge >= 0.3 is 11.9 Å². The molecule has 25 heavy (non-hydrogen) atoms. The molecule has 132 valence electrons. The van der Waals surface area contributed by atoms with Crippen LogP contribution in [0.5, 0.6) is 0 Å². The van der Waals surface area contributed by atoms with Gasteiger partial charge in [-0.3, -0.25) is 9.59 Å². The Balaban J connectivity index is 1.74. The van der Waals surface area contributed by atoms with Crippen molar-refractivity contribution >= 4 is 11.9 Å². The van der Waals surface area contributed by atoms with Gasteiger partial charge < -0.3 is 10.2 Å². The van der Waals surface area contributed by atoms with E-state index in [-0.39, 0.29) is 12.8 Å². The van der Waals surface area contributed by atoms with Crippen LogP contribution in [0.4, 0.5) is 0 Å². The molecule has 4 nitrogen and oxygen atoms in total. The lowest BCUT2D eigenvalue weighted by atomic mass is 10.0. The van der Waals surface area contributed by atoms with Crippen LogP contribution in [0.1, 0.15) is 41.5 Å². The summed E-state index contributed by atoms with van der Waals surface area (Å²) in [5.41, 5.74) is 4.64. The zero-order valence-electron chi connectivity index (χ0n) is 14.3. The summed E-state index contributed by atoms with van der Waals surface area (Å²) < 4.78 is 0. The summed E-state index contributed by atoms with van der Waals surface area (Å²) in [6.45, 7) is 0. The van der Waals surface area contributed by atoms with Crippen LogP contribution in [0.2, 0.25) is 0 Å². The maximum Gasteiger partial charge on any atom is 0.303 e. The number of aliphatic carboxylic acids is 2. The molecule has 0 saturated carbocycles. The van der Waals surface area contributed by atoms with Crippen LogP contribution in [0.25, 0.3) is 0 Å². The van der Waals surface area contributed by atoms with Crippen molar-refractivity contribution in [1.29, 1.82) is 0 Å². The van der Waals surface area contributed by atoms with Gasteiger partial charge in [0.15, 0.2) is 0 Å². The number of carbonyl (C=O) groups is 2. The van der Waals surface area contributed by atoms with E-state index in [9.17, 15) is 9.59 Å². The molecule has 2 aromatic carbocycles. The van der Waals surface area contributed by atoms with Crippen LogP contribution < -0.4 is 0 Å². The topological polar surface area (TPSA) is 74.6 Å². The van der Waals surface area contributed by atoms with Crippen molar-refractivity contribution in [2.24, 2.45) is 0 Å². The van der Waals surface area contributed by atoms with E-state index in [0.717, 1.165) is 30.4 Å². The molecule has 0 spiro atoms. The van der Waals surface area contributed by atoms with Gasteiger partial charge in [-0.2, -0.15) is 0 Å². The van der Waals surface area contributed by atoms with Crippen molar-refractivity contribution < 1.29 is 19.8 Å². The average molecular weight is 340 g/mol. The molecule has 0 bridgehead atoms. The highest BCUT2D eigenvalue weighted by Crippen LogP contribution is 2.13. The Morgan fingerprint density at radius 3 is 1.12 bits per heavy atom. The second-order valence-corrected chi connectivity index (χ2v) is 6.27. The highest BCUT2D eigenvalue weighted by molar-refractivity contribution is 5.67. The molecule has 0 amide bonds. The number of carboxylic acid groups (broad SMARTS) is 2. The van der Waals surface area contributed by atoms with Crippen molar-refractivity contribution in [3.63, 3.8) is 0 Å². The molecule has 0 saturated heterocycles. The van der Waals surface area contributed by atoms with E-state index >= 15 is 0 Å². The minimum atomic E-state index is -0.766. The first-order valence-corrected chi connectivity index (χ1v) is 8.62. The lowest BCUT2D eigenvalue weighted by Gasteiger charge is -2.05. The first-order valence-electron chi connectivity index (χ1n) is 8.62. The van der Waals surface area contributed by atoms with Crippen LogP contribution in [-0.4, -0.2) is 22.2 Å². The maximum absolute atomic E-state index is 10.6. The molecule has 2 rings (SSSR count). The summed E-state index contributed by atoms with van der Waals surface area (Å²) in [6, 6.07) is 16.3. The monoisotopic (exact) mass is 340 g/mol. The molecule has 0 atom stereocenters. The number of benzene rings is 2. The van der Waals surface area contributed by atoms with E-state index in [2.05, 4.69) is 24.3 Å². The quantitative estimate of drug-likeness (QED) is 0.688. The Bertz CT molecular complexity index is 625. The molecule has 0 aliphatic heterocycles. The van der Waals surface area contributed by atoms with Crippen molar-refractivity contribution in [2.75, 3.05) is 0 Å². The Morgan fingerprint density at radius 2 is 0.840 bits per heavy atom. The van der Waals surface area contributed by atoms with Gasteiger partial charge in [-0.1, -0.05) is 48.5 Å². The Morgan fingerprint density at radius 1 is 0.560 bits per heavy atom. The molecule has 0 fully saturated rings. The number of aryl methyl sites for hydroxylation is 4. The largest absolute Gasteiger partial charge is 0.481 e. The third kappa shape index (κ3) is 7.21. The van der Waals surface area contributed by atoms with Gasteiger partial charge in [0.05, 0.1) is 0 Å². The molecule has 0 heterocycles. The first-order chi connectivity index (χ1) is 12.0. The summed E-state index contributed by atoms with van der Waals surface area (Å²) in [5.74, 6) is -1.53. The van der Waals surface area contributed by atoms with E-state index in [1.165, 1.54) is 11.1 Å². The summed E-state index contributed by atoms with van der Waals surface area (Å²) in [5, 5.41) is 17.4. The van der Waals surface area contributed by atoms with Crippen LogP contribution in [0.15, 0.2) is 48.5 Å². The summed E-state index contributed by atoms with van der Waals surface area (Å²) >= 11 is 0. The average Bonchev–Trinajstić information content (AvgIpc) is 2.60. The van der Waals surface area contributed by atoms with E-state index in [1.807, 2.05) is 24.3 Å². The predicted molar refractivity (Wildman–Crippen MR) is 96.8 cm³/mol. The van der Waals surface area contributed by atoms with Gasteiger partial charge in [0, 0.05) is 12.8 Å². The molecule has 0 aliphatic carbocycles. The number of carboxylic acids is 2. The molecule has 4 heteroatoms. The highest BCUT2D eigenvalue weighted by Gasteiger charge is 2.02. The Labute approximate surface area is 148 Å². The third-order valence-electron chi connectivity index (χ3n) is 4.23. The molecule has 0 aromatic heterocycles. The van der Waals surface area contributed by atoms with Gasteiger partial charge in [-0.15, -0.1) is 0 Å². The van der Waals surface area contributed by atoms with Gasteiger partial charge in [0.1, 0.15) is 0 Å². The van der Waals surface area contributed by atoms with Crippen LogP contribution in [0, 0.1) is 0 Å². The zero-order valence-corrected chi connectivity index (χ0v) is 14.3. The van der Waals surface area contributed by atoms with Crippen LogP contribution in [-0.2, 0) is 35.3 Å². The number of hydrogen-bond donors (Lipinski definition) is 2. The normalized spacial score (nSPS) is 10.6. The van der Waals surface area contributed by atoms with Crippen LogP contribution >= 0.6 is 0 Å². The lowest BCUT2D eigenvalue weighted by Crippen LogP contribution is -1.98. The van der Waals surface area contributed by atoms with E-state index in [0.29, 0.717) is 12.8 Å². The maximum atomic E-state index is 10.6. The fourth-order valence-corrected chi connectivity index (χ4v) is 2.74. The van der Waals surface area contributed by atoms with E-state index in [1.54, 1.807) is 0 Å². The van der Waals surface area contributed by atoms with E-state index in [4.69, 9.17) is 10.2 Å². The molecule has 2 N–H and O–H groups in total. The lowest BCUT2D eigenvalue weighted by molar-refractivity contribution is -0.138. The van der Waals surface area contributed by atoms with Crippen LogP contribution in [0.3, 0.4) is 0 Å². The first kappa shape index (κ1) is 18.7. The van der Waals surface area contributed by atoms with Crippen molar-refractivity contribution in [3.8, 4) is 0 Å². The second kappa shape index (κ2) is 9.62. The van der Waals surface area contributed by atoms with Gasteiger partial charge in [-0.05, 0) is 54.4 Å². The van der Waals surface area contributed by atoms with Gasteiger partial charge in [0.25, 0.3) is 0 Å². The van der Waals surface area contributed by atoms with Crippen molar-refractivity contribution in [1.82, 2.24) is 0 Å². The minimum Gasteiger partial charge on any atom is -0.481 e. The molecule has 0 aliphatic rings. The van der Waals surface area contributed by atoms with E-state index < -0.39 is 11.9 Å². The predicted octanol–water partition coefficient (Wildman–Crippen LogP) is 3.90. The molecular weight excluding hydrogens is 316 g/mol. The Kier molecular flexibility index (Phi) is 7.20. The fraction of sp³-hybridized carbons (Fsp3) is 0.333. The molecule has 0 radical (unpaired) electrons.